The largest absolute Gasteiger partial charge is 0.453 e. The summed E-state index contributed by atoms with van der Waals surface area (Å²) in [6, 6.07) is 0. The van der Waals surface area contributed by atoms with Crippen LogP contribution in [0.4, 0.5) is 13.2 Å². The Morgan fingerprint density at radius 3 is 2.56 bits per heavy atom. The summed E-state index contributed by atoms with van der Waals surface area (Å²) < 4.78 is 38.2. The van der Waals surface area contributed by atoms with Gasteiger partial charge < -0.3 is 0 Å². The molecule has 0 fully saturated rings. The molecule has 8 heteroatoms. The molecule has 0 bridgehead atoms. The summed E-state index contributed by atoms with van der Waals surface area (Å²) in [7, 11) is 0. The third-order valence-corrected chi connectivity index (χ3v) is 2.36. The van der Waals surface area contributed by atoms with Gasteiger partial charge in [-0.3, -0.25) is 10.2 Å². The van der Waals surface area contributed by atoms with E-state index in [4.69, 9.17) is 0 Å². The van der Waals surface area contributed by atoms with Crippen molar-refractivity contribution < 1.29 is 18.0 Å². The lowest BCUT2D eigenvalue weighted by atomic mass is 9.87. The Hall–Kier alpha value is -1.60. The summed E-state index contributed by atoms with van der Waals surface area (Å²) in [5.74, 6) is -1.58. The summed E-state index contributed by atoms with van der Waals surface area (Å²) in [6.07, 6.45) is -4.55. The van der Waals surface area contributed by atoms with Crippen molar-refractivity contribution in [3.05, 3.63) is 11.6 Å². The van der Waals surface area contributed by atoms with Gasteiger partial charge in [-0.25, -0.2) is 4.68 Å². The van der Waals surface area contributed by atoms with E-state index in [0.717, 1.165) is 0 Å². The van der Waals surface area contributed by atoms with Crippen LogP contribution in [0.2, 0.25) is 0 Å². The number of halogens is 3. The van der Waals surface area contributed by atoms with Crippen LogP contribution in [0.1, 0.15) is 31.9 Å². The number of hydrogen-bond acceptors (Lipinski definition) is 3. The lowest BCUT2D eigenvalue weighted by Gasteiger charge is -2.29. The van der Waals surface area contributed by atoms with E-state index >= 15 is 0 Å². The second kappa shape index (κ2) is 2.96. The Morgan fingerprint density at radius 2 is 2.00 bits per heavy atom. The number of carbonyl (C=O) groups is 1. The highest BCUT2D eigenvalue weighted by molar-refractivity contribution is 5.86. The fourth-order valence-corrected chi connectivity index (χ4v) is 1.66. The molecule has 1 aromatic heterocycles. The SMILES string of the molecule is CC1(C)CC(=O)Nn2c(C(F)(F)F)nnc21. The molecule has 5 nitrogen and oxygen atoms in total. The third-order valence-electron chi connectivity index (χ3n) is 2.36. The number of nitrogens with one attached hydrogen (secondary N) is 1. The zero-order chi connectivity index (χ0) is 12.1. The number of fused-ring (bicyclic) bond motifs is 1. The van der Waals surface area contributed by atoms with Crippen LogP contribution < -0.4 is 5.43 Å². The molecule has 1 aliphatic rings. The molecule has 1 N–H and O–H groups in total. The van der Waals surface area contributed by atoms with Gasteiger partial charge in [0.15, 0.2) is 5.82 Å². The molecule has 0 atom stereocenters. The predicted octanol–water partition coefficient (Wildman–Crippen LogP) is 1.05. The Labute approximate surface area is 88.6 Å². The summed E-state index contributed by atoms with van der Waals surface area (Å²) in [5, 5.41) is 6.56. The molecular weight excluding hydrogens is 225 g/mol. The van der Waals surface area contributed by atoms with Crippen molar-refractivity contribution in [3.8, 4) is 0 Å². The molecule has 16 heavy (non-hydrogen) atoms. The van der Waals surface area contributed by atoms with Crippen LogP contribution in [-0.2, 0) is 16.4 Å². The van der Waals surface area contributed by atoms with Crippen molar-refractivity contribution in [2.24, 2.45) is 0 Å². The van der Waals surface area contributed by atoms with Gasteiger partial charge in [0.25, 0.3) is 5.82 Å². The van der Waals surface area contributed by atoms with Crippen LogP contribution in [-0.4, -0.2) is 20.8 Å². The maximum atomic E-state index is 12.5. The van der Waals surface area contributed by atoms with Gasteiger partial charge in [-0.05, 0) is 0 Å². The molecule has 0 spiro atoms. The van der Waals surface area contributed by atoms with E-state index in [1.54, 1.807) is 13.8 Å². The first-order valence-electron chi connectivity index (χ1n) is 4.55. The highest BCUT2D eigenvalue weighted by atomic mass is 19.4. The Balaban J connectivity index is 2.58. The minimum absolute atomic E-state index is 0.0863. The average Bonchev–Trinajstić information content (AvgIpc) is 2.44. The number of hydrogen-bond donors (Lipinski definition) is 1. The lowest BCUT2D eigenvalue weighted by molar-refractivity contribution is -0.147. The van der Waals surface area contributed by atoms with Crippen molar-refractivity contribution in [3.63, 3.8) is 0 Å². The number of nitrogens with zero attached hydrogens (tertiary/aromatic N) is 3. The van der Waals surface area contributed by atoms with Gasteiger partial charge in [0.1, 0.15) is 0 Å². The number of alkyl halides is 3. The van der Waals surface area contributed by atoms with E-state index < -0.39 is 23.3 Å². The fourth-order valence-electron chi connectivity index (χ4n) is 1.66. The highest BCUT2D eigenvalue weighted by Crippen LogP contribution is 2.34. The molecule has 0 aromatic carbocycles. The first kappa shape index (κ1) is 10.9. The van der Waals surface area contributed by atoms with Crippen LogP contribution in [0, 0.1) is 0 Å². The minimum atomic E-state index is -4.63. The molecule has 1 amide bonds. The first-order chi connectivity index (χ1) is 7.22. The first-order valence-corrected chi connectivity index (χ1v) is 4.55. The number of amides is 1. The number of aromatic nitrogens is 3. The van der Waals surface area contributed by atoms with Gasteiger partial charge in [-0.1, -0.05) is 13.8 Å². The number of carbonyl (C=O) groups excluding carboxylic acids is 1. The lowest BCUT2D eigenvalue weighted by Crippen LogP contribution is -2.41. The molecule has 2 rings (SSSR count). The molecule has 0 radical (unpaired) electrons. The van der Waals surface area contributed by atoms with E-state index in [2.05, 4.69) is 15.6 Å². The Morgan fingerprint density at radius 1 is 1.38 bits per heavy atom. The monoisotopic (exact) mass is 234 g/mol. The topological polar surface area (TPSA) is 59.8 Å². The average molecular weight is 234 g/mol. The highest BCUT2D eigenvalue weighted by Gasteiger charge is 2.44. The van der Waals surface area contributed by atoms with Gasteiger partial charge >= 0.3 is 6.18 Å². The maximum absolute atomic E-state index is 12.5. The van der Waals surface area contributed by atoms with Crippen LogP contribution in [0.15, 0.2) is 0 Å². The summed E-state index contributed by atoms with van der Waals surface area (Å²) in [6.45, 7) is 3.29. The molecule has 0 saturated carbocycles. The van der Waals surface area contributed by atoms with Gasteiger partial charge in [0, 0.05) is 11.8 Å². The smallest absolute Gasteiger partial charge is 0.273 e. The summed E-state index contributed by atoms with van der Waals surface area (Å²) in [4.78, 5) is 11.3. The zero-order valence-electron chi connectivity index (χ0n) is 8.59. The maximum Gasteiger partial charge on any atom is 0.453 e. The van der Waals surface area contributed by atoms with Crippen LogP contribution >= 0.6 is 0 Å². The standard InChI is InChI=1S/C8H9F3N4O/c1-7(2)3-4(16)14-15-5(7)12-13-6(15)8(9,10)11/h3H2,1-2H3,(H,14,16). The molecular formula is C8H9F3N4O. The second-order valence-electron chi connectivity index (χ2n) is 4.28. The Kier molecular flexibility index (Phi) is 2.01. The van der Waals surface area contributed by atoms with Gasteiger partial charge in [0.05, 0.1) is 0 Å². The van der Waals surface area contributed by atoms with E-state index in [1.807, 2.05) is 0 Å². The molecule has 1 aliphatic heterocycles. The van der Waals surface area contributed by atoms with Crippen molar-refractivity contribution in [1.82, 2.24) is 14.9 Å². The second-order valence-corrected chi connectivity index (χ2v) is 4.28. The van der Waals surface area contributed by atoms with Crippen molar-refractivity contribution in [2.75, 3.05) is 5.43 Å². The van der Waals surface area contributed by atoms with E-state index in [-0.39, 0.29) is 12.2 Å². The quantitative estimate of drug-likeness (QED) is 0.729. The third kappa shape index (κ3) is 1.54. The van der Waals surface area contributed by atoms with E-state index in [0.29, 0.717) is 4.68 Å². The molecule has 0 aliphatic carbocycles. The fraction of sp³-hybridized carbons (Fsp3) is 0.625. The van der Waals surface area contributed by atoms with Crippen LogP contribution in [0.5, 0.6) is 0 Å². The predicted molar refractivity (Wildman–Crippen MR) is 47.0 cm³/mol. The molecule has 1 aromatic rings. The van der Waals surface area contributed by atoms with Crippen molar-refractivity contribution in [1.29, 1.82) is 0 Å². The minimum Gasteiger partial charge on any atom is -0.273 e. The molecule has 0 unspecified atom stereocenters. The van der Waals surface area contributed by atoms with Crippen molar-refractivity contribution in [2.45, 2.75) is 31.9 Å². The molecule has 88 valence electrons. The summed E-state index contributed by atoms with van der Waals surface area (Å²) in [5.41, 5.74) is 1.35. The summed E-state index contributed by atoms with van der Waals surface area (Å²) >= 11 is 0. The Bertz CT molecular complexity index is 435. The van der Waals surface area contributed by atoms with Gasteiger partial charge in [-0.15, -0.1) is 10.2 Å². The van der Waals surface area contributed by atoms with Gasteiger partial charge in [-0.2, -0.15) is 13.2 Å². The molecule has 2 heterocycles. The molecule has 0 saturated heterocycles. The van der Waals surface area contributed by atoms with Gasteiger partial charge in [0.2, 0.25) is 5.91 Å². The van der Waals surface area contributed by atoms with Crippen LogP contribution in [0.25, 0.3) is 0 Å². The number of rotatable bonds is 0. The van der Waals surface area contributed by atoms with E-state index in [1.165, 1.54) is 0 Å². The van der Waals surface area contributed by atoms with Crippen LogP contribution in [0.3, 0.4) is 0 Å². The van der Waals surface area contributed by atoms with Crippen molar-refractivity contribution >= 4 is 5.91 Å². The normalized spacial score (nSPS) is 19.2. The van der Waals surface area contributed by atoms with E-state index in [9.17, 15) is 18.0 Å². The zero-order valence-corrected chi connectivity index (χ0v) is 8.59.